The van der Waals surface area contributed by atoms with Crippen LogP contribution in [-0.2, 0) is 16.0 Å². The maximum Gasteiger partial charge on any atom is 0.267 e. The van der Waals surface area contributed by atoms with Crippen LogP contribution in [0.5, 0.6) is 5.75 Å². The van der Waals surface area contributed by atoms with Gasteiger partial charge in [-0.05, 0) is 48.7 Å². The van der Waals surface area contributed by atoms with E-state index in [2.05, 4.69) is 22.9 Å². The van der Waals surface area contributed by atoms with Crippen molar-refractivity contribution in [2.75, 3.05) is 25.1 Å². The third kappa shape index (κ3) is 5.09. The maximum absolute atomic E-state index is 13.5. The van der Waals surface area contributed by atoms with Crippen LogP contribution in [0.3, 0.4) is 0 Å². The summed E-state index contributed by atoms with van der Waals surface area (Å²) in [5.74, 6) is 0.494. The fourth-order valence-electron chi connectivity index (χ4n) is 4.22. The van der Waals surface area contributed by atoms with Gasteiger partial charge in [0.1, 0.15) is 10.1 Å². The molecule has 2 aliphatic heterocycles. The molecule has 2 heterocycles. The molecule has 1 saturated heterocycles. The molecular formula is C26H27BrN2O3S2. The van der Waals surface area contributed by atoms with Gasteiger partial charge in [0, 0.05) is 23.1 Å². The highest BCUT2D eigenvalue weighted by Gasteiger charge is 2.41. The van der Waals surface area contributed by atoms with Gasteiger partial charge >= 0.3 is 0 Å². The normalized spacial score (nSPS) is 17.7. The van der Waals surface area contributed by atoms with Crippen molar-refractivity contribution in [2.45, 2.75) is 39.0 Å². The van der Waals surface area contributed by atoms with Gasteiger partial charge in [-0.1, -0.05) is 78.2 Å². The Balaban J connectivity index is 1.58. The number of benzene rings is 2. The van der Waals surface area contributed by atoms with Crippen LogP contribution in [0.4, 0.5) is 5.69 Å². The van der Waals surface area contributed by atoms with Crippen molar-refractivity contribution >= 4 is 67.3 Å². The first-order chi connectivity index (χ1) is 16.4. The minimum Gasteiger partial charge on any atom is -0.497 e. The van der Waals surface area contributed by atoms with E-state index in [1.54, 1.807) is 12.0 Å². The smallest absolute Gasteiger partial charge is 0.267 e. The third-order valence-corrected chi connectivity index (χ3v) is 8.01. The van der Waals surface area contributed by atoms with Crippen molar-refractivity contribution in [3.8, 4) is 5.75 Å². The number of anilines is 1. The molecule has 4 rings (SSSR count). The molecular weight excluding hydrogens is 532 g/mol. The number of amides is 2. The average molecular weight is 560 g/mol. The number of halogens is 1. The summed E-state index contributed by atoms with van der Waals surface area (Å²) in [6, 6.07) is 13.6. The summed E-state index contributed by atoms with van der Waals surface area (Å²) in [6.07, 6.45) is 4.97. The van der Waals surface area contributed by atoms with Crippen molar-refractivity contribution in [3.05, 3.63) is 63.0 Å². The van der Waals surface area contributed by atoms with Crippen molar-refractivity contribution < 1.29 is 14.3 Å². The summed E-state index contributed by atoms with van der Waals surface area (Å²) in [7, 11) is 1.63. The van der Waals surface area contributed by atoms with Gasteiger partial charge in [0.15, 0.2) is 0 Å². The van der Waals surface area contributed by atoms with Gasteiger partial charge in [-0.15, -0.1) is 0 Å². The van der Waals surface area contributed by atoms with E-state index in [0.29, 0.717) is 34.3 Å². The Morgan fingerprint density at radius 1 is 0.971 bits per heavy atom. The predicted molar refractivity (Wildman–Crippen MR) is 146 cm³/mol. The number of hydrogen-bond acceptors (Lipinski definition) is 5. The third-order valence-electron chi connectivity index (χ3n) is 6.07. The van der Waals surface area contributed by atoms with Gasteiger partial charge in [0.05, 0.1) is 23.3 Å². The van der Waals surface area contributed by atoms with Gasteiger partial charge < -0.3 is 9.64 Å². The number of nitrogens with zero attached hydrogens (tertiary/aromatic N) is 2. The van der Waals surface area contributed by atoms with Crippen molar-refractivity contribution in [3.63, 3.8) is 0 Å². The van der Waals surface area contributed by atoms with E-state index in [9.17, 15) is 9.59 Å². The second kappa shape index (κ2) is 11.1. The number of carbonyl (C=O) groups excluding carboxylic acids is 2. The number of methoxy groups -OCH3 is 1. The number of unbranched alkanes of at least 4 members (excludes halogenated alkanes) is 3. The van der Waals surface area contributed by atoms with E-state index < -0.39 is 0 Å². The summed E-state index contributed by atoms with van der Waals surface area (Å²) in [5.41, 5.74) is 3.22. The molecule has 1 fully saturated rings. The molecule has 0 atom stereocenters. The minimum absolute atomic E-state index is 0.111. The first-order valence-corrected chi connectivity index (χ1v) is 13.5. The van der Waals surface area contributed by atoms with Crippen LogP contribution in [0.15, 0.2) is 51.8 Å². The fourth-order valence-corrected chi connectivity index (χ4v) is 5.96. The number of hydrogen-bond donors (Lipinski definition) is 0. The lowest BCUT2D eigenvalue weighted by atomic mass is 10.1. The lowest BCUT2D eigenvalue weighted by Gasteiger charge is -2.17. The molecule has 8 heteroatoms. The average Bonchev–Trinajstić information content (AvgIpc) is 3.26. The van der Waals surface area contributed by atoms with E-state index in [1.807, 2.05) is 47.4 Å². The highest BCUT2D eigenvalue weighted by Crippen LogP contribution is 2.45. The SMILES string of the molecule is CCCCCCN1C(=O)/C(=C2\SC(=S)N(CCc3ccc(OC)cc3)C2=O)c2cc(Br)ccc21. The zero-order chi connectivity index (χ0) is 24.2. The lowest BCUT2D eigenvalue weighted by molar-refractivity contribution is -0.122. The molecule has 34 heavy (non-hydrogen) atoms. The first-order valence-electron chi connectivity index (χ1n) is 11.5. The standard InChI is InChI=1S/C26H27BrN2O3S2/c1-3-4-5-6-14-28-21-12-9-18(27)16-20(21)22(24(28)30)23-25(31)29(26(33)34-23)15-13-17-7-10-19(32-2)11-8-17/h7-12,16H,3-6,13-15H2,1-2H3/b23-22-. The Morgan fingerprint density at radius 2 is 1.74 bits per heavy atom. The second-order valence-corrected chi connectivity index (χ2v) is 10.9. The molecule has 0 aliphatic carbocycles. The van der Waals surface area contributed by atoms with Crippen LogP contribution >= 0.6 is 39.9 Å². The van der Waals surface area contributed by atoms with Crippen molar-refractivity contribution in [2.24, 2.45) is 0 Å². The van der Waals surface area contributed by atoms with Gasteiger partial charge in [0.25, 0.3) is 11.8 Å². The predicted octanol–water partition coefficient (Wildman–Crippen LogP) is 6.20. The van der Waals surface area contributed by atoms with Crippen LogP contribution in [0.1, 0.15) is 43.7 Å². The molecule has 5 nitrogen and oxygen atoms in total. The van der Waals surface area contributed by atoms with Gasteiger partial charge in [0.2, 0.25) is 0 Å². The van der Waals surface area contributed by atoms with E-state index >= 15 is 0 Å². The minimum atomic E-state index is -0.189. The lowest BCUT2D eigenvalue weighted by Crippen LogP contribution is -2.31. The molecule has 2 aromatic rings. The van der Waals surface area contributed by atoms with E-state index in [-0.39, 0.29) is 11.8 Å². The fraction of sp³-hybridized carbons (Fsp3) is 0.346. The number of ether oxygens (including phenoxy) is 1. The van der Waals surface area contributed by atoms with E-state index in [1.165, 1.54) is 11.8 Å². The Kier molecular flexibility index (Phi) is 8.11. The summed E-state index contributed by atoms with van der Waals surface area (Å²) in [4.78, 5) is 30.8. The largest absolute Gasteiger partial charge is 0.497 e. The monoisotopic (exact) mass is 558 g/mol. The van der Waals surface area contributed by atoms with E-state index in [4.69, 9.17) is 17.0 Å². The van der Waals surface area contributed by atoms with Crippen molar-refractivity contribution in [1.82, 2.24) is 4.90 Å². The van der Waals surface area contributed by atoms with Gasteiger partial charge in [-0.25, -0.2) is 0 Å². The molecule has 0 aromatic heterocycles. The molecule has 0 radical (unpaired) electrons. The van der Waals surface area contributed by atoms with Crippen molar-refractivity contribution in [1.29, 1.82) is 0 Å². The zero-order valence-corrected chi connectivity index (χ0v) is 22.5. The maximum atomic E-state index is 13.5. The topological polar surface area (TPSA) is 49.9 Å². The summed E-state index contributed by atoms with van der Waals surface area (Å²) in [6.45, 7) is 3.28. The van der Waals surface area contributed by atoms with Crippen LogP contribution in [-0.4, -0.2) is 41.2 Å². The molecule has 2 aliphatic rings. The molecule has 2 aromatic carbocycles. The summed E-state index contributed by atoms with van der Waals surface area (Å²) >= 11 is 10.3. The van der Waals surface area contributed by atoms with Crippen LogP contribution in [0.2, 0.25) is 0 Å². The molecule has 0 N–H and O–H groups in total. The molecule has 178 valence electrons. The Hall–Kier alpha value is -2.16. The highest BCUT2D eigenvalue weighted by molar-refractivity contribution is 9.10. The van der Waals surface area contributed by atoms with Gasteiger partial charge in [-0.3, -0.25) is 14.5 Å². The van der Waals surface area contributed by atoms with Crippen LogP contribution < -0.4 is 9.64 Å². The van der Waals surface area contributed by atoms with Crippen LogP contribution in [0.25, 0.3) is 5.57 Å². The number of thiocarbonyl (C=S) groups is 1. The Labute approximate surface area is 218 Å². The Morgan fingerprint density at radius 3 is 2.44 bits per heavy atom. The quantitative estimate of drug-likeness (QED) is 0.208. The molecule has 2 amide bonds. The molecule has 0 bridgehead atoms. The zero-order valence-electron chi connectivity index (χ0n) is 19.3. The molecule has 0 spiro atoms. The van der Waals surface area contributed by atoms with E-state index in [0.717, 1.165) is 52.7 Å². The second-order valence-electron chi connectivity index (χ2n) is 8.31. The van der Waals surface area contributed by atoms with Gasteiger partial charge in [-0.2, -0.15) is 0 Å². The highest BCUT2D eigenvalue weighted by atomic mass is 79.9. The number of carbonyl (C=O) groups is 2. The van der Waals surface area contributed by atoms with Crippen LogP contribution in [0, 0.1) is 0 Å². The number of thioether (sulfide) groups is 1. The Bertz CT molecular complexity index is 1150. The first kappa shape index (κ1) is 24.9. The summed E-state index contributed by atoms with van der Waals surface area (Å²) in [5, 5.41) is 0. The number of fused-ring (bicyclic) bond motifs is 1. The molecule has 0 unspecified atom stereocenters. The molecule has 0 saturated carbocycles. The summed E-state index contributed by atoms with van der Waals surface area (Å²) < 4.78 is 6.58. The number of rotatable bonds is 9.